The highest BCUT2D eigenvalue weighted by Crippen LogP contribution is 2.29. The second-order valence-electron chi connectivity index (χ2n) is 5.34. The van der Waals surface area contributed by atoms with Gasteiger partial charge in [-0.2, -0.15) is 0 Å². The molecule has 1 heterocycles. The maximum absolute atomic E-state index is 10.7. The first kappa shape index (κ1) is 12.8. The summed E-state index contributed by atoms with van der Waals surface area (Å²) in [4.78, 5) is 14.8. The third-order valence-corrected chi connectivity index (χ3v) is 3.97. The number of fused-ring (bicyclic) bond motifs is 1. The van der Waals surface area contributed by atoms with Crippen molar-refractivity contribution in [1.29, 1.82) is 0 Å². The molecule has 1 N–H and O–H groups in total. The summed E-state index contributed by atoms with van der Waals surface area (Å²) in [7, 11) is 0. The van der Waals surface area contributed by atoms with Gasteiger partial charge in [-0.3, -0.25) is 10.1 Å². The summed E-state index contributed by atoms with van der Waals surface area (Å²) >= 11 is 0. The molecule has 5 nitrogen and oxygen atoms in total. The lowest BCUT2D eigenvalue weighted by Gasteiger charge is -2.25. The standard InChI is InChI=1S/C15H17N3O2/c19-18(20)13-5-6-14-12(10-13)4-7-15(17-14)16-9-8-11-2-1-3-11/h4-7,10-11H,1-3,8-9H2,(H,16,17). The van der Waals surface area contributed by atoms with Gasteiger partial charge in [0.2, 0.25) is 0 Å². The Morgan fingerprint density at radius 2 is 2.15 bits per heavy atom. The van der Waals surface area contributed by atoms with Crippen molar-refractivity contribution in [1.82, 2.24) is 4.98 Å². The second kappa shape index (κ2) is 5.45. The van der Waals surface area contributed by atoms with E-state index in [1.807, 2.05) is 12.1 Å². The largest absolute Gasteiger partial charge is 0.370 e. The predicted molar refractivity (Wildman–Crippen MR) is 78.8 cm³/mol. The van der Waals surface area contributed by atoms with Crippen molar-refractivity contribution in [3.63, 3.8) is 0 Å². The molecule has 0 unspecified atom stereocenters. The normalized spacial score (nSPS) is 15.0. The molecule has 2 aromatic rings. The topological polar surface area (TPSA) is 68.1 Å². The van der Waals surface area contributed by atoms with Crippen molar-refractivity contribution in [3.8, 4) is 0 Å². The molecule has 104 valence electrons. The molecule has 1 fully saturated rings. The van der Waals surface area contributed by atoms with Crippen molar-refractivity contribution in [2.45, 2.75) is 25.7 Å². The number of rotatable bonds is 5. The van der Waals surface area contributed by atoms with Crippen LogP contribution in [-0.4, -0.2) is 16.5 Å². The minimum absolute atomic E-state index is 0.102. The van der Waals surface area contributed by atoms with Crippen LogP contribution in [0.15, 0.2) is 30.3 Å². The summed E-state index contributed by atoms with van der Waals surface area (Å²) in [5, 5.41) is 14.8. The molecule has 20 heavy (non-hydrogen) atoms. The van der Waals surface area contributed by atoms with E-state index < -0.39 is 0 Å². The molecule has 3 rings (SSSR count). The molecular weight excluding hydrogens is 254 g/mol. The maximum atomic E-state index is 10.7. The van der Waals surface area contributed by atoms with Crippen LogP contribution in [0.5, 0.6) is 0 Å². The van der Waals surface area contributed by atoms with Crippen LogP contribution in [0.25, 0.3) is 10.9 Å². The van der Waals surface area contributed by atoms with Crippen LogP contribution >= 0.6 is 0 Å². The highest BCUT2D eigenvalue weighted by Gasteiger charge is 2.16. The van der Waals surface area contributed by atoms with Gasteiger partial charge in [-0.25, -0.2) is 4.98 Å². The summed E-state index contributed by atoms with van der Waals surface area (Å²) in [5.74, 6) is 1.72. The highest BCUT2D eigenvalue weighted by atomic mass is 16.6. The second-order valence-corrected chi connectivity index (χ2v) is 5.34. The van der Waals surface area contributed by atoms with E-state index in [9.17, 15) is 10.1 Å². The van der Waals surface area contributed by atoms with E-state index in [1.54, 1.807) is 12.1 Å². The Morgan fingerprint density at radius 1 is 1.30 bits per heavy atom. The molecule has 0 saturated heterocycles. The fourth-order valence-electron chi connectivity index (χ4n) is 2.51. The van der Waals surface area contributed by atoms with Gasteiger partial charge >= 0.3 is 0 Å². The van der Waals surface area contributed by atoms with Gasteiger partial charge in [0.15, 0.2) is 0 Å². The zero-order valence-corrected chi connectivity index (χ0v) is 11.2. The number of hydrogen-bond donors (Lipinski definition) is 1. The maximum Gasteiger partial charge on any atom is 0.270 e. The van der Waals surface area contributed by atoms with E-state index in [1.165, 1.54) is 31.7 Å². The van der Waals surface area contributed by atoms with Gasteiger partial charge in [0.05, 0.1) is 10.4 Å². The summed E-state index contributed by atoms with van der Waals surface area (Å²) in [6.07, 6.45) is 5.28. The first-order valence-electron chi connectivity index (χ1n) is 7.01. The number of nitro groups is 1. The number of aromatic nitrogens is 1. The van der Waals surface area contributed by atoms with E-state index in [2.05, 4.69) is 10.3 Å². The summed E-state index contributed by atoms with van der Waals surface area (Å²) in [6, 6.07) is 8.51. The molecular formula is C15H17N3O2. The smallest absolute Gasteiger partial charge is 0.270 e. The van der Waals surface area contributed by atoms with E-state index in [0.29, 0.717) is 0 Å². The Kier molecular flexibility index (Phi) is 3.50. The molecule has 0 aliphatic heterocycles. The fraction of sp³-hybridized carbons (Fsp3) is 0.400. The van der Waals surface area contributed by atoms with Gasteiger partial charge in [0.25, 0.3) is 5.69 Å². The van der Waals surface area contributed by atoms with Gasteiger partial charge in [-0.1, -0.05) is 19.3 Å². The average molecular weight is 271 g/mol. The average Bonchev–Trinajstić information content (AvgIpc) is 2.40. The zero-order chi connectivity index (χ0) is 13.9. The minimum Gasteiger partial charge on any atom is -0.370 e. The molecule has 1 aromatic heterocycles. The number of nitrogens with zero attached hydrogens (tertiary/aromatic N) is 2. The molecule has 0 radical (unpaired) electrons. The fourth-order valence-corrected chi connectivity index (χ4v) is 2.51. The van der Waals surface area contributed by atoms with Crippen molar-refractivity contribution < 1.29 is 4.92 Å². The van der Waals surface area contributed by atoms with Crippen LogP contribution in [0, 0.1) is 16.0 Å². The van der Waals surface area contributed by atoms with E-state index in [0.717, 1.165) is 29.2 Å². The van der Waals surface area contributed by atoms with Crippen molar-refractivity contribution in [3.05, 3.63) is 40.4 Å². The SMILES string of the molecule is O=[N+]([O-])c1ccc2nc(NCCC3CCC3)ccc2c1. The van der Waals surface area contributed by atoms with Gasteiger partial charge in [-0.15, -0.1) is 0 Å². The molecule has 1 aromatic carbocycles. The third-order valence-electron chi connectivity index (χ3n) is 3.97. The predicted octanol–water partition coefficient (Wildman–Crippen LogP) is 3.75. The Labute approximate surface area is 117 Å². The van der Waals surface area contributed by atoms with Crippen LogP contribution in [0.3, 0.4) is 0 Å². The third kappa shape index (κ3) is 2.71. The molecule has 1 aliphatic carbocycles. The number of non-ortho nitro benzene ring substituents is 1. The van der Waals surface area contributed by atoms with Crippen LogP contribution < -0.4 is 5.32 Å². The molecule has 5 heteroatoms. The van der Waals surface area contributed by atoms with Crippen LogP contribution in [0.4, 0.5) is 11.5 Å². The minimum atomic E-state index is -0.385. The van der Waals surface area contributed by atoms with Crippen molar-refractivity contribution in [2.24, 2.45) is 5.92 Å². The van der Waals surface area contributed by atoms with E-state index in [4.69, 9.17) is 0 Å². The van der Waals surface area contributed by atoms with Gasteiger partial charge in [0, 0.05) is 24.1 Å². The Bertz CT molecular complexity index is 638. The quantitative estimate of drug-likeness (QED) is 0.664. The zero-order valence-electron chi connectivity index (χ0n) is 11.2. The molecule has 0 amide bonds. The highest BCUT2D eigenvalue weighted by molar-refractivity contribution is 5.82. The van der Waals surface area contributed by atoms with Crippen LogP contribution in [0.2, 0.25) is 0 Å². The van der Waals surface area contributed by atoms with E-state index in [-0.39, 0.29) is 10.6 Å². The lowest BCUT2D eigenvalue weighted by Crippen LogP contribution is -2.15. The Balaban J connectivity index is 1.69. The Hall–Kier alpha value is -2.17. The number of pyridine rings is 1. The molecule has 0 atom stereocenters. The van der Waals surface area contributed by atoms with Crippen molar-refractivity contribution >= 4 is 22.4 Å². The van der Waals surface area contributed by atoms with Crippen molar-refractivity contribution in [2.75, 3.05) is 11.9 Å². The molecule has 1 saturated carbocycles. The van der Waals surface area contributed by atoms with Gasteiger partial charge in [-0.05, 0) is 30.5 Å². The lowest BCUT2D eigenvalue weighted by atomic mass is 9.83. The molecule has 0 bridgehead atoms. The number of nitro benzene ring substituents is 1. The lowest BCUT2D eigenvalue weighted by molar-refractivity contribution is -0.384. The monoisotopic (exact) mass is 271 g/mol. The summed E-state index contributed by atoms with van der Waals surface area (Å²) in [5.41, 5.74) is 0.884. The van der Waals surface area contributed by atoms with E-state index >= 15 is 0 Å². The summed E-state index contributed by atoms with van der Waals surface area (Å²) in [6.45, 7) is 0.941. The molecule has 1 aliphatic rings. The Morgan fingerprint density at radius 3 is 2.85 bits per heavy atom. The number of anilines is 1. The summed E-state index contributed by atoms with van der Waals surface area (Å²) < 4.78 is 0. The van der Waals surface area contributed by atoms with Gasteiger partial charge in [0.1, 0.15) is 5.82 Å². The van der Waals surface area contributed by atoms with Gasteiger partial charge < -0.3 is 5.32 Å². The van der Waals surface area contributed by atoms with Crippen LogP contribution in [0.1, 0.15) is 25.7 Å². The molecule has 0 spiro atoms. The number of benzene rings is 1. The number of hydrogen-bond acceptors (Lipinski definition) is 4. The van der Waals surface area contributed by atoms with Crippen LogP contribution in [-0.2, 0) is 0 Å². The number of nitrogens with one attached hydrogen (secondary N) is 1. The first-order chi connectivity index (χ1) is 9.72. The first-order valence-corrected chi connectivity index (χ1v) is 7.01.